The Bertz CT molecular complexity index is 662. The SMILES string of the molecule is Cc1nc(N)sc1S(=O)(=O)NC1CCS(=O)(=O)C1. The van der Waals surface area contributed by atoms with E-state index >= 15 is 0 Å². The molecule has 102 valence electrons. The third-order valence-corrected chi connectivity index (χ3v) is 7.45. The number of hydrogen-bond donors (Lipinski definition) is 2. The first-order valence-corrected chi connectivity index (χ1v) is 9.27. The van der Waals surface area contributed by atoms with Gasteiger partial charge in [-0.05, 0) is 13.3 Å². The van der Waals surface area contributed by atoms with Crippen molar-refractivity contribution < 1.29 is 16.8 Å². The Labute approximate surface area is 109 Å². The summed E-state index contributed by atoms with van der Waals surface area (Å²) in [7, 11) is -6.86. The van der Waals surface area contributed by atoms with Gasteiger partial charge < -0.3 is 5.73 Å². The van der Waals surface area contributed by atoms with Gasteiger partial charge in [0.2, 0.25) is 0 Å². The predicted octanol–water partition coefficient (Wildman–Crippen LogP) is -0.501. The van der Waals surface area contributed by atoms with Crippen LogP contribution in [0.15, 0.2) is 4.21 Å². The molecule has 0 bridgehead atoms. The zero-order chi connectivity index (χ0) is 13.6. The molecule has 2 rings (SSSR count). The fraction of sp³-hybridized carbons (Fsp3) is 0.625. The van der Waals surface area contributed by atoms with Gasteiger partial charge in [-0.15, -0.1) is 0 Å². The summed E-state index contributed by atoms with van der Waals surface area (Å²) in [4.78, 5) is 3.84. The summed E-state index contributed by atoms with van der Waals surface area (Å²) in [5.74, 6) is -0.135. The maximum absolute atomic E-state index is 12.0. The highest BCUT2D eigenvalue weighted by Crippen LogP contribution is 2.25. The third-order valence-electron chi connectivity index (χ3n) is 2.57. The van der Waals surface area contributed by atoms with E-state index in [0.29, 0.717) is 12.1 Å². The monoisotopic (exact) mass is 311 g/mol. The smallest absolute Gasteiger partial charge is 0.252 e. The lowest BCUT2D eigenvalue weighted by Crippen LogP contribution is -2.35. The molecule has 1 fully saturated rings. The number of nitrogen functional groups attached to an aromatic ring is 1. The van der Waals surface area contributed by atoms with Gasteiger partial charge in [-0.3, -0.25) is 0 Å². The normalized spacial score (nSPS) is 23.3. The van der Waals surface area contributed by atoms with E-state index in [-0.39, 0.29) is 20.8 Å². The number of hydrogen-bond acceptors (Lipinski definition) is 7. The molecule has 0 aromatic carbocycles. The Morgan fingerprint density at radius 1 is 1.50 bits per heavy atom. The summed E-state index contributed by atoms with van der Waals surface area (Å²) in [5.41, 5.74) is 5.77. The van der Waals surface area contributed by atoms with Gasteiger partial charge in [0.15, 0.2) is 19.2 Å². The molecule has 0 radical (unpaired) electrons. The molecule has 3 N–H and O–H groups in total. The highest BCUT2D eigenvalue weighted by atomic mass is 32.2. The van der Waals surface area contributed by atoms with E-state index in [0.717, 1.165) is 11.3 Å². The molecule has 1 unspecified atom stereocenters. The summed E-state index contributed by atoms with van der Waals surface area (Å²) >= 11 is 0.871. The van der Waals surface area contributed by atoms with E-state index in [4.69, 9.17) is 5.73 Å². The van der Waals surface area contributed by atoms with Gasteiger partial charge in [-0.25, -0.2) is 26.5 Å². The molecule has 1 atom stereocenters. The summed E-state index contributed by atoms with van der Waals surface area (Å²) in [6.45, 7) is 1.55. The molecule has 10 heteroatoms. The van der Waals surface area contributed by atoms with Crippen molar-refractivity contribution in [2.24, 2.45) is 0 Å². The minimum absolute atomic E-state index is 0.0179. The average Bonchev–Trinajstić information content (AvgIpc) is 2.69. The van der Waals surface area contributed by atoms with Crippen LogP contribution in [-0.2, 0) is 19.9 Å². The van der Waals surface area contributed by atoms with Crippen molar-refractivity contribution >= 4 is 36.3 Å². The van der Waals surface area contributed by atoms with Gasteiger partial charge in [-0.1, -0.05) is 11.3 Å². The lowest BCUT2D eigenvalue weighted by molar-refractivity contribution is 0.563. The molecule has 0 aliphatic carbocycles. The Kier molecular flexibility index (Phi) is 3.38. The number of sulfonamides is 1. The summed E-state index contributed by atoms with van der Waals surface area (Å²) < 4.78 is 49.1. The Hall–Kier alpha value is -0.710. The first-order valence-electron chi connectivity index (χ1n) is 5.15. The van der Waals surface area contributed by atoms with Crippen molar-refractivity contribution in [2.75, 3.05) is 17.2 Å². The molecule has 1 aromatic rings. The number of rotatable bonds is 3. The van der Waals surface area contributed by atoms with Gasteiger partial charge in [-0.2, -0.15) is 0 Å². The van der Waals surface area contributed by atoms with Crippen LogP contribution in [0.3, 0.4) is 0 Å². The van der Waals surface area contributed by atoms with Crippen molar-refractivity contribution in [3.63, 3.8) is 0 Å². The average molecular weight is 311 g/mol. The first kappa shape index (κ1) is 13.7. The molecule has 0 saturated carbocycles. The van der Waals surface area contributed by atoms with E-state index in [1.807, 2.05) is 0 Å². The third kappa shape index (κ3) is 2.82. The number of anilines is 1. The van der Waals surface area contributed by atoms with Crippen LogP contribution in [0.25, 0.3) is 0 Å². The van der Waals surface area contributed by atoms with Gasteiger partial charge >= 0.3 is 0 Å². The summed E-state index contributed by atoms with van der Waals surface area (Å²) in [5, 5.41) is 0.173. The Morgan fingerprint density at radius 3 is 2.61 bits per heavy atom. The minimum atomic E-state index is -3.74. The Morgan fingerprint density at radius 2 is 2.17 bits per heavy atom. The summed E-state index contributed by atoms with van der Waals surface area (Å²) in [6, 6.07) is -0.567. The van der Waals surface area contributed by atoms with Gasteiger partial charge in [0.05, 0.1) is 17.2 Å². The largest absolute Gasteiger partial charge is 0.375 e. The molecule has 2 heterocycles. The van der Waals surface area contributed by atoms with Crippen LogP contribution in [0.4, 0.5) is 5.13 Å². The first-order chi connectivity index (χ1) is 8.20. The molecule has 7 nitrogen and oxygen atoms in total. The van der Waals surface area contributed by atoms with Crippen molar-refractivity contribution in [3.05, 3.63) is 5.69 Å². The fourth-order valence-corrected chi connectivity index (χ4v) is 6.18. The standard InChI is InChI=1S/C8H13N3O4S3/c1-5-7(16-8(9)10-5)18(14,15)11-6-2-3-17(12,13)4-6/h6,11H,2-4H2,1H3,(H2,9,10). The van der Waals surface area contributed by atoms with Crippen LogP contribution >= 0.6 is 11.3 Å². The van der Waals surface area contributed by atoms with E-state index in [2.05, 4.69) is 9.71 Å². The van der Waals surface area contributed by atoms with E-state index < -0.39 is 25.9 Å². The van der Waals surface area contributed by atoms with E-state index in [1.54, 1.807) is 6.92 Å². The molecule has 0 amide bonds. The molecular weight excluding hydrogens is 298 g/mol. The fourth-order valence-electron chi connectivity index (χ4n) is 1.81. The van der Waals surface area contributed by atoms with Crippen LogP contribution in [0.2, 0.25) is 0 Å². The highest BCUT2D eigenvalue weighted by Gasteiger charge is 2.32. The molecule has 1 aromatic heterocycles. The van der Waals surface area contributed by atoms with Crippen LogP contribution < -0.4 is 10.5 Å². The van der Waals surface area contributed by atoms with Gasteiger partial charge in [0.1, 0.15) is 0 Å². The lowest BCUT2D eigenvalue weighted by Gasteiger charge is -2.10. The quantitative estimate of drug-likeness (QED) is 0.776. The number of nitrogens with two attached hydrogens (primary N) is 1. The second kappa shape index (κ2) is 4.44. The number of sulfone groups is 1. The molecule has 1 saturated heterocycles. The topological polar surface area (TPSA) is 119 Å². The maximum Gasteiger partial charge on any atom is 0.252 e. The van der Waals surface area contributed by atoms with Crippen LogP contribution in [0, 0.1) is 6.92 Å². The predicted molar refractivity (Wildman–Crippen MR) is 68.6 cm³/mol. The van der Waals surface area contributed by atoms with Crippen molar-refractivity contribution in [2.45, 2.75) is 23.6 Å². The molecule has 0 spiro atoms. The maximum atomic E-state index is 12.0. The Balaban J connectivity index is 2.21. The van der Waals surface area contributed by atoms with Crippen molar-refractivity contribution in [1.82, 2.24) is 9.71 Å². The second-order valence-electron chi connectivity index (χ2n) is 4.15. The number of aryl methyl sites for hydroxylation is 1. The van der Waals surface area contributed by atoms with Gasteiger partial charge in [0.25, 0.3) is 10.0 Å². The van der Waals surface area contributed by atoms with Crippen LogP contribution in [-0.4, -0.2) is 39.4 Å². The van der Waals surface area contributed by atoms with Gasteiger partial charge in [0, 0.05) is 6.04 Å². The number of nitrogens with zero attached hydrogens (tertiary/aromatic N) is 1. The van der Waals surface area contributed by atoms with Crippen LogP contribution in [0.5, 0.6) is 0 Å². The summed E-state index contributed by atoms with van der Waals surface area (Å²) in [6.07, 6.45) is 0.300. The van der Waals surface area contributed by atoms with E-state index in [1.165, 1.54) is 0 Å². The minimum Gasteiger partial charge on any atom is -0.375 e. The molecule has 1 aliphatic heterocycles. The van der Waals surface area contributed by atoms with Crippen molar-refractivity contribution in [3.8, 4) is 0 Å². The number of nitrogens with one attached hydrogen (secondary N) is 1. The van der Waals surface area contributed by atoms with Crippen LogP contribution in [0.1, 0.15) is 12.1 Å². The highest BCUT2D eigenvalue weighted by molar-refractivity contribution is 7.92. The molecule has 18 heavy (non-hydrogen) atoms. The second-order valence-corrected chi connectivity index (χ2v) is 9.31. The van der Waals surface area contributed by atoms with Crippen molar-refractivity contribution in [1.29, 1.82) is 0 Å². The molecular formula is C8H13N3O4S3. The number of thiazole rings is 1. The zero-order valence-corrected chi connectivity index (χ0v) is 12.0. The number of aromatic nitrogens is 1. The van der Waals surface area contributed by atoms with E-state index in [9.17, 15) is 16.8 Å². The lowest BCUT2D eigenvalue weighted by atomic mass is 10.3. The molecule has 1 aliphatic rings. The zero-order valence-electron chi connectivity index (χ0n) is 9.58.